The Bertz CT molecular complexity index is 465. The molecule has 0 aliphatic heterocycles. The van der Waals surface area contributed by atoms with Crippen molar-refractivity contribution in [1.29, 1.82) is 0 Å². The number of aromatic nitrogens is 2. The molecule has 0 saturated carbocycles. The lowest BCUT2D eigenvalue weighted by molar-refractivity contribution is 0.427. The molecule has 1 aromatic heterocycles. The molecule has 0 atom stereocenters. The Labute approximate surface area is 100 Å². The molecule has 0 radical (unpaired) electrons. The van der Waals surface area contributed by atoms with Crippen LogP contribution in [0.2, 0.25) is 0 Å². The molecule has 4 heteroatoms. The first-order chi connectivity index (χ1) is 8.35. The Balaban J connectivity index is 2.37. The minimum Gasteiger partial charge on any atom is -0.316 e. The van der Waals surface area contributed by atoms with Crippen molar-refractivity contribution in [2.75, 3.05) is 13.7 Å². The van der Waals surface area contributed by atoms with Crippen LogP contribution in [0.1, 0.15) is 5.56 Å². The zero-order chi connectivity index (χ0) is 12.1. The van der Waals surface area contributed by atoms with Gasteiger partial charge in [-0.25, -0.2) is 4.39 Å². The third kappa shape index (κ3) is 2.71. The topological polar surface area (TPSA) is 29.9 Å². The lowest BCUT2D eigenvalue weighted by Gasteiger charge is -2.00. The van der Waals surface area contributed by atoms with Crippen molar-refractivity contribution >= 4 is 0 Å². The van der Waals surface area contributed by atoms with Crippen molar-refractivity contribution in [3.63, 3.8) is 0 Å². The Morgan fingerprint density at radius 2 is 2.06 bits per heavy atom. The molecule has 17 heavy (non-hydrogen) atoms. The number of rotatable bonds is 5. The van der Waals surface area contributed by atoms with E-state index in [1.54, 1.807) is 4.68 Å². The fourth-order valence-corrected chi connectivity index (χ4v) is 1.82. The van der Waals surface area contributed by atoms with Gasteiger partial charge in [0, 0.05) is 23.9 Å². The molecule has 90 valence electrons. The summed E-state index contributed by atoms with van der Waals surface area (Å²) in [7, 11) is 1.89. The first kappa shape index (κ1) is 11.8. The van der Waals surface area contributed by atoms with Gasteiger partial charge in [-0.3, -0.25) is 4.68 Å². The highest BCUT2D eigenvalue weighted by Gasteiger charge is 2.09. The maximum atomic E-state index is 12.3. The van der Waals surface area contributed by atoms with Crippen molar-refractivity contribution in [3.05, 3.63) is 42.1 Å². The summed E-state index contributed by atoms with van der Waals surface area (Å²) >= 11 is 0. The highest BCUT2D eigenvalue weighted by atomic mass is 19.1. The van der Waals surface area contributed by atoms with E-state index >= 15 is 0 Å². The predicted octanol–water partition coefficient (Wildman–Crippen LogP) is 2.24. The lowest BCUT2D eigenvalue weighted by Crippen LogP contribution is -2.05. The standard InChI is InChI=1S/C13H16FN3/c1-15-9-12-10-17(8-7-14)16-13(12)11-5-3-2-4-6-11/h2-6,10,15H,7-9H2,1H3. The van der Waals surface area contributed by atoms with Gasteiger partial charge in [0.2, 0.25) is 0 Å². The smallest absolute Gasteiger partial charge is 0.109 e. The van der Waals surface area contributed by atoms with E-state index < -0.39 is 6.67 Å². The third-order valence-electron chi connectivity index (χ3n) is 2.57. The highest BCUT2D eigenvalue weighted by molar-refractivity contribution is 5.62. The monoisotopic (exact) mass is 233 g/mol. The second kappa shape index (κ2) is 5.59. The molecule has 0 aliphatic carbocycles. The Morgan fingerprint density at radius 1 is 1.29 bits per heavy atom. The maximum Gasteiger partial charge on any atom is 0.109 e. The Hall–Kier alpha value is -1.68. The molecular formula is C13H16FN3. The number of benzene rings is 1. The van der Waals surface area contributed by atoms with Gasteiger partial charge in [0.15, 0.2) is 0 Å². The number of alkyl halides is 1. The third-order valence-corrected chi connectivity index (χ3v) is 2.57. The fraction of sp³-hybridized carbons (Fsp3) is 0.308. The molecular weight excluding hydrogens is 217 g/mol. The molecule has 1 aromatic carbocycles. The minimum absolute atomic E-state index is 0.309. The summed E-state index contributed by atoms with van der Waals surface area (Å²) in [5, 5.41) is 7.53. The van der Waals surface area contributed by atoms with Gasteiger partial charge in [0.25, 0.3) is 0 Å². The van der Waals surface area contributed by atoms with E-state index in [9.17, 15) is 4.39 Å². The summed E-state index contributed by atoms with van der Waals surface area (Å²) in [4.78, 5) is 0. The van der Waals surface area contributed by atoms with Gasteiger partial charge >= 0.3 is 0 Å². The summed E-state index contributed by atoms with van der Waals surface area (Å²) in [6, 6.07) is 9.96. The van der Waals surface area contributed by atoms with Gasteiger partial charge in [-0.1, -0.05) is 30.3 Å². The zero-order valence-corrected chi connectivity index (χ0v) is 9.86. The van der Waals surface area contributed by atoms with Crippen LogP contribution in [0.15, 0.2) is 36.5 Å². The van der Waals surface area contributed by atoms with Crippen LogP contribution in [0.4, 0.5) is 4.39 Å². The van der Waals surface area contributed by atoms with Gasteiger partial charge < -0.3 is 5.32 Å². The normalized spacial score (nSPS) is 10.7. The molecule has 1 heterocycles. The van der Waals surface area contributed by atoms with Crippen molar-refractivity contribution in [3.8, 4) is 11.3 Å². The Kier molecular flexibility index (Phi) is 3.88. The van der Waals surface area contributed by atoms with E-state index in [-0.39, 0.29) is 0 Å². The largest absolute Gasteiger partial charge is 0.316 e. The van der Waals surface area contributed by atoms with Crippen LogP contribution in [0, 0.1) is 0 Å². The molecule has 2 rings (SSSR count). The average molecular weight is 233 g/mol. The van der Waals surface area contributed by atoms with E-state index in [4.69, 9.17) is 0 Å². The molecule has 0 bridgehead atoms. The second-order valence-corrected chi connectivity index (χ2v) is 3.85. The number of aryl methyl sites for hydroxylation is 1. The summed E-state index contributed by atoms with van der Waals surface area (Å²) in [5.41, 5.74) is 3.08. The van der Waals surface area contributed by atoms with Crippen LogP contribution in [0.5, 0.6) is 0 Å². The zero-order valence-electron chi connectivity index (χ0n) is 9.86. The maximum absolute atomic E-state index is 12.3. The van der Waals surface area contributed by atoms with Crippen molar-refractivity contribution in [2.24, 2.45) is 0 Å². The number of halogens is 1. The molecule has 0 amide bonds. The summed E-state index contributed by atoms with van der Waals surface area (Å²) < 4.78 is 14.0. The lowest BCUT2D eigenvalue weighted by atomic mass is 10.1. The van der Waals surface area contributed by atoms with Crippen LogP contribution >= 0.6 is 0 Å². The second-order valence-electron chi connectivity index (χ2n) is 3.85. The molecule has 1 N–H and O–H groups in total. The number of nitrogens with one attached hydrogen (secondary N) is 1. The van der Waals surface area contributed by atoms with Gasteiger partial charge in [0.05, 0.1) is 12.2 Å². The molecule has 0 spiro atoms. The minimum atomic E-state index is -0.394. The van der Waals surface area contributed by atoms with Gasteiger partial charge in [0.1, 0.15) is 6.67 Å². The highest BCUT2D eigenvalue weighted by Crippen LogP contribution is 2.21. The van der Waals surface area contributed by atoms with Crippen LogP contribution < -0.4 is 5.32 Å². The molecule has 2 aromatic rings. The molecule has 0 saturated heterocycles. The van der Waals surface area contributed by atoms with E-state index in [1.165, 1.54) is 0 Å². The predicted molar refractivity (Wildman–Crippen MR) is 66.4 cm³/mol. The number of hydrogen-bond acceptors (Lipinski definition) is 2. The number of nitrogens with zero attached hydrogens (tertiary/aromatic N) is 2. The van der Waals surface area contributed by atoms with Crippen molar-refractivity contribution < 1.29 is 4.39 Å². The first-order valence-electron chi connectivity index (χ1n) is 5.67. The molecule has 0 aliphatic rings. The van der Waals surface area contributed by atoms with E-state index in [0.717, 1.165) is 23.4 Å². The van der Waals surface area contributed by atoms with E-state index in [0.29, 0.717) is 6.54 Å². The first-order valence-corrected chi connectivity index (χ1v) is 5.67. The van der Waals surface area contributed by atoms with Gasteiger partial charge in [-0.2, -0.15) is 5.10 Å². The van der Waals surface area contributed by atoms with Crippen molar-refractivity contribution in [2.45, 2.75) is 13.1 Å². The van der Waals surface area contributed by atoms with E-state index in [2.05, 4.69) is 10.4 Å². The van der Waals surface area contributed by atoms with Gasteiger partial charge in [-0.15, -0.1) is 0 Å². The average Bonchev–Trinajstić information content (AvgIpc) is 2.74. The number of hydrogen-bond donors (Lipinski definition) is 1. The molecule has 0 unspecified atom stereocenters. The van der Waals surface area contributed by atoms with Gasteiger partial charge in [-0.05, 0) is 7.05 Å². The van der Waals surface area contributed by atoms with Crippen LogP contribution in [0.3, 0.4) is 0 Å². The van der Waals surface area contributed by atoms with Crippen LogP contribution in [-0.4, -0.2) is 23.5 Å². The Morgan fingerprint density at radius 3 is 2.71 bits per heavy atom. The van der Waals surface area contributed by atoms with Crippen LogP contribution in [0.25, 0.3) is 11.3 Å². The summed E-state index contributed by atoms with van der Waals surface area (Å²) in [6.45, 7) is 0.648. The van der Waals surface area contributed by atoms with Crippen molar-refractivity contribution in [1.82, 2.24) is 15.1 Å². The summed E-state index contributed by atoms with van der Waals surface area (Å²) in [6.07, 6.45) is 1.90. The van der Waals surface area contributed by atoms with E-state index in [1.807, 2.05) is 43.6 Å². The van der Waals surface area contributed by atoms with Crippen LogP contribution in [-0.2, 0) is 13.1 Å². The molecule has 0 fully saturated rings. The SMILES string of the molecule is CNCc1cn(CCF)nc1-c1ccccc1. The summed E-state index contributed by atoms with van der Waals surface area (Å²) in [5.74, 6) is 0. The quantitative estimate of drug-likeness (QED) is 0.858. The molecule has 3 nitrogen and oxygen atoms in total. The fourth-order valence-electron chi connectivity index (χ4n) is 1.82.